The van der Waals surface area contributed by atoms with Gasteiger partial charge in [-0.2, -0.15) is 0 Å². The van der Waals surface area contributed by atoms with Gasteiger partial charge in [0.05, 0.1) is 4.92 Å². The summed E-state index contributed by atoms with van der Waals surface area (Å²) in [6, 6.07) is 1.06. The van der Waals surface area contributed by atoms with Gasteiger partial charge in [-0.25, -0.2) is 9.78 Å². The topological polar surface area (TPSA) is 105 Å². The number of hydrogen-bond donors (Lipinski definition) is 2. The SMILES string of the molecule is O=C(O)Nc1cc(Cl)c([N+](=O)[O-])cn1. The molecule has 0 aliphatic carbocycles. The summed E-state index contributed by atoms with van der Waals surface area (Å²) in [6.07, 6.45) is -0.435. The van der Waals surface area contributed by atoms with Crippen LogP contribution in [0.2, 0.25) is 5.02 Å². The van der Waals surface area contributed by atoms with Gasteiger partial charge >= 0.3 is 11.8 Å². The largest absolute Gasteiger partial charge is 0.465 e. The molecule has 74 valence electrons. The molecule has 0 atom stereocenters. The highest BCUT2D eigenvalue weighted by Gasteiger charge is 2.13. The number of nitrogens with one attached hydrogen (secondary N) is 1. The second-order valence-corrected chi connectivity index (χ2v) is 2.62. The van der Waals surface area contributed by atoms with Crippen molar-refractivity contribution in [1.82, 2.24) is 4.98 Å². The minimum atomic E-state index is -1.32. The molecule has 0 bridgehead atoms. The lowest BCUT2D eigenvalue weighted by Crippen LogP contribution is -2.08. The molecule has 1 aromatic rings. The van der Waals surface area contributed by atoms with Crippen LogP contribution < -0.4 is 5.32 Å². The summed E-state index contributed by atoms with van der Waals surface area (Å²) in [6.45, 7) is 0. The average molecular weight is 218 g/mol. The average Bonchev–Trinajstić information content (AvgIpc) is 2.01. The lowest BCUT2D eigenvalue weighted by molar-refractivity contribution is -0.385. The number of rotatable bonds is 2. The Hall–Kier alpha value is -1.89. The van der Waals surface area contributed by atoms with E-state index in [1.54, 1.807) is 0 Å². The van der Waals surface area contributed by atoms with E-state index < -0.39 is 11.0 Å². The number of aromatic nitrogens is 1. The Morgan fingerprint density at radius 1 is 1.71 bits per heavy atom. The Bertz CT molecular complexity index is 395. The minimum Gasteiger partial charge on any atom is -0.465 e. The maximum Gasteiger partial charge on any atom is 0.410 e. The first-order chi connectivity index (χ1) is 6.50. The molecule has 1 aromatic heterocycles. The van der Waals surface area contributed by atoms with Crippen molar-refractivity contribution in [2.45, 2.75) is 0 Å². The van der Waals surface area contributed by atoms with Gasteiger partial charge in [0.2, 0.25) is 0 Å². The number of hydrogen-bond acceptors (Lipinski definition) is 4. The van der Waals surface area contributed by atoms with Gasteiger partial charge < -0.3 is 5.11 Å². The molecule has 0 saturated heterocycles. The molecule has 1 rings (SSSR count). The molecule has 7 nitrogen and oxygen atoms in total. The predicted molar refractivity (Wildman–Crippen MR) is 47.5 cm³/mol. The molecule has 14 heavy (non-hydrogen) atoms. The number of carbonyl (C=O) groups is 1. The zero-order valence-corrected chi connectivity index (χ0v) is 7.35. The molecule has 1 amide bonds. The van der Waals surface area contributed by atoms with Crippen LogP contribution in [0.3, 0.4) is 0 Å². The molecule has 0 unspecified atom stereocenters. The Kier molecular flexibility index (Phi) is 2.82. The van der Waals surface area contributed by atoms with Crippen LogP contribution in [-0.4, -0.2) is 21.1 Å². The van der Waals surface area contributed by atoms with E-state index in [0.717, 1.165) is 12.3 Å². The van der Waals surface area contributed by atoms with E-state index in [1.807, 2.05) is 5.32 Å². The molecule has 0 aromatic carbocycles. The third-order valence-corrected chi connectivity index (χ3v) is 1.57. The van der Waals surface area contributed by atoms with Crippen molar-refractivity contribution >= 4 is 29.2 Å². The van der Waals surface area contributed by atoms with Gasteiger partial charge in [-0.15, -0.1) is 0 Å². The van der Waals surface area contributed by atoms with Gasteiger partial charge in [-0.3, -0.25) is 15.4 Å². The molecule has 2 N–H and O–H groups in total. The van der Waals surface area contributed by atoms with E-state index in [0.29, 0.717) is 0 Å². The van der Waals surface area contributed by atoms with Gasteiger partial charge in [0.25, 0.3) is 0 Å². The number of nitro groups is 1. The molecular formula is C6H4ClN3O4. The van der Waals surface area contributed by atoms with E-state index >= 15 is 0 Å². The molecule has 8 heteroatoms. The predicted octanol–water partition coefficient (Wildman–Crippen LogP) is 1.73. The Morgan fingerprint density at radius 3 is 2.79 bits per heavy atom. The fraction of sp³-hybridized carbons (Fsp3) is 0. The third kappa shape index (κ3) is 2.30. The summed E-state index contributed by atoms with van der Waals surface area (Å²) in [4.78, 5) is 23.2. The minimum absolute atomic E-state index is 0.0619. The highest BCUT2D eigenvalue weighted by atomic mass is 35.5. The Balaban J connectivity index is 3.00. The van der Waals surface area contributed by atoms with Crippen molar-refractivity contribution in [3.8, 4) is 0 Å². The molecule has 0 fully saturated rings. The fourth-order valence-electron chi connectivity index (χ4n) is 0.736. The van der Waals surface area contributed by atoms with Crippen molar-refractivity contribution in [2.75, 3.05) is 5.32 Å². The summed E-state index contributed by atoms with van der Waals surface area (Å²) in [5.74, 6) is -0.0619. The van der Waals surface area contributed by atoms with Crippen molar-refractivity contribution in [1.29, 1.82) is 0 Å². The van der Waals surface area contributed by atoms with Crippen LogP contribution in [-0.2, 0) is 0 Å². The zero-order valence-electron chi connectivity index (χ0n) is 6.60. The van der Waals surface area contributed by atoms with Gasteiger partial charge in [-0.1, -0.05) is 11.6 Å². The quantitative estimate of drug-likeness (QED) is 0.580. The van der Waals surface area contributed by atoms with Crippen LogP contribution in [0, 0.1) is 10.1 Å². The lowest BCUT2D eigenvalue weighted by atomic mass is 10.4. The number of pyridine rings is 1. The zero-order chi connectivity index (χ0) is 10.7. The third-order valence-electron chi connectivity index (χ3n) is 1.27. The first kappa shape index (κ1) is 10.2. The van der Waals surface area contributed by atoms with Crippen molar-refractivity contribution < 1.29 is 14.8 Å². The Morgan fingerprint density at radius 2 is 2.36 bits per heavy atom. The van der Waals surface area contributed by atoms with E-state index in [4.69, 9.17) is 16.7 Å². The highest BCUT2D eigenvalue weighted by molar-refractivity contribution is 6.32. The molecule has 0 saturated carbocycles. The van der Waals surface area contributed by atoms with Crippen LogP contribution in [0.15, 0.2) is 12.3 Å². The summed E-state index contributed by atoms with van der Waals surface area (Å²) in [5.41, 5.74) is -0.373. The second kappa shape index (κ2) is 3.88. The van der Waals surface area contributed by atoms with Crippen LogP contribution in [0.1, 0.15) is 0 Å². The molecule has 0 radical (unpaired) electrons. The Labute approximate surface area is 82.5 Å². The van der Waals surface area contributed by atoms with Crippen LogP contribution in [0.4, 0.5) is 16.3 Å². The first-order valence-corrected chi connectivity index (χ1v) is 3.68. The smallest absolute Gasteiger partial charge is 0.410 e. The molecule has 0 aliphatic rings. The van der Waals surface area contributed by atoms with Gasteiger partial charge in [0, 0.05) is 6.07 Å². The maximum atomic E-state index is 10.3. The van der Waals surface area contributed by atoms with E-state index in [-0.39, 0.29) is 16.5 Å². The molecule has 0 aliphatic heterocycles. The standard InChI is InChI=1S/C6H4ClN3O4/c7-3-1-5(9-6(11)12)8-2-4(3)10(13)14/h1-2H,(H,8,9)(H,11,12). The van der Waals surface area contributed by atoms with Crippen LogP contribution in [0.5, 0.6) is 0 Å². The number of halogens is 1. The van der Waals surface area contributed by atoms with E-state index in [2.05, 4.69) is 4.98 Å². The number of anilines is 1. The number of carboxylic acid groups (broad SMARTS) is 1. The molecule has 0 spiro atoms. The maximum absolute atomic E-state index is 10.3. The molecular weight excluding hydrogens is 214 g/mol. The van der Waals surface area contributed by atoms with Crippen molar-refractivity contribution in [3.63, 3.8) is 0 Å². The molecule has 1 heterocycles. The monoisotopic (exact) mass is 217 g/mol. The van der Waals surface area contributed by atoms with E-state index in [1.165, 1.54) is 0 Å². The first-order valence-electron chi connectivity index (χ1n) is 3.30. The normalized spacial score (nSPS) is 9.50. The van der Waals surface area contributed by atoms with E-state index in [9.17, 15) is 14.9 Å². The summed E-state index contributed by atoms with van der Waals surface area (Å²) >= 11 is 5.49. The second-order valence-electron chi connectivity index (χ2n) is 2.21. The summed E-state index contributed by atoms with van der Waals surface area (Å²) in [5, 5.41) is 20.3. The lowest BCUT2D eigenvalue weighted by Gasteiger charge is -1.99. The summed E-state index contributed by atoms with van der Waals surface area (Å²) < 4.78 is 0. The number of nitrogens with zero attached hydrogens (tertiary/aromatic N) is 2. The number of amides is 1. The fourth-order valence-corrected chi connectivity index (χ4v) is 0.957. The van der Waals surface area contributed by atoms with Crippen LogP contribution >= 0.6 is 11.6 Å². The summed E-state index contributed by atoms with van der Waals surface area (Å²) in [7, 11) is 0. The van der Waals surface area contributed by atoms with Crippen LogP contribution in [0.25, 0.3) is 0 Å². The van der Waals surface area contributed by atoms with Gasteiger partial charge in [0.1, 0.15) is 17.0 Å². The van der Waals surface area contributed by atoms with Crippen molar-refractivity contribution in [3.05, 3.63) is 27.4 Å². The van der Waals surface area contributed by atoms with Gasteiger partial charge in [-0.05, 0) is 0 Å². The highest BCUT2D eigenvalue weighted by Crippen LogP contribution is 2.24. The van der Waals surface area contributed by atoms with Crippen molar-refractivity contribution in [2.24, 2.45) is 0 Å². The van der Waals surface area contributed by atoms with Gasteiger partial charge in [0.15, 0.2) is 0 Å².